The second-order valence-corrected chi connectivity index (χ2v) is 7.12. The molecule has 9 heteroatoms. The van der Waals surface area contributed by atoms with Crippen molar-refractivity contribution in [2.24, 2.45) is 10.9 Å². The smallest absolute Gasteiger partial charge is 0.310 e. The molecule has 0 aromatic rings. The first-order valence-electron chi connectivity index (χ1n) is 10.2. The minimum absolute atomic E-state index is 0. The Morgan fingerprint density at radius 2 is 1.82 bits per heavy atom. The molecule has 162 valence electrons. The molecule has 2 fully saturated rings. The van der Waals surface area contributed by atoms with Gasteiger partial charge in [-0.3, -0.25) is 19.5 Å². The maximum atomic E-state index is 12.1. The number of likely N-dealkylation sites (tertiary alicyclic amines) is 1. The van der Waals surface area contributed by atoms with E-state index in [1.54, 1.807) is 6.92 Å². The second kappa shape index (κ2) is 13.2. The first-order valence-corrected chi connectivity index (χ1v) is 10.2. The van der Waals surface area contributed by atoms with E-state index < -0.39 is 0 Å². The van der Waals surface area contributed by atoms with Crippen molar-refractivity contribution in [3.05, 3.63) is 0 Å². The summed E-state index contributed by atoms with van der Waals surface area (Å²) in [5.74, 6) is 0.876. The summed E-state index contributed by atoms with van der Waals surface area (Å²) in [6.07, 6.45) is 1.86. The van der Waals surface area contributed by atoms with Gasteiger partial charge >= 0.3 is 5.97 Å². The molecule has 8 nitrogen and oxygen atoms in total. The van der Waals surface area contributed by atoms with Crippen molar-refractivity contribution in [3.8, 4) is 0 Å². The number of aliphatic imine (C=N–C) groups is 1. The topological polar surface area (TPSA) is 77.5 Å². The largest absolute Gasteiger partial charge is 0.466 e. The molecule has 2 rings (SSSR count). The van der Waals surface area contributed by atoms with Crippen LogP contribution in [0.25, 0.3) is 0 Å². The SMILES string of the molecule is CCNC(=NCCN1CCN(C(C)=O)CC1)N1CCCC(C(=O)OCC)C1.I. The molecule has 0 bridgehead atoms. The highest BCUT2D eigenvalue weighted by molar-refractivity contribution is 14.0. The van der Waals surface area contributed by atoms with Crippen molar-refractivity contribution in [2.75, 3.05) is 65.5 Å². The number of rotatable bonds is 6. The van der Waals surface area contributed by atoms with Crippen LogP contribution in [0.15, 0.2) is 4.99 Å². The minimum atomic E-state index is -0.0959. The highest BCUT2D eigenvalue weighted by Crippen LogP contribution is 2.18. The number of hydrogen-bond acceptors (Lipinski definition) is 5. The summed E-state index contributed by atoms with van der Waals surface area (Å²) >= 11 is 0. The van der Waals surface area contributed by atoms with E-state index in [0.717, 1.165) is 64.6 Å². The number of nitrogens with one attached hydrogen (secondary N) is 1. The van der Waals surface area contributed by atoms with Gasteiger partial charge in [-0.1, -0.05) is 0 Å². The molecule has 0 aliphatic carbocycles. The molecule has 0 spiro atoms. The summed E-state index contributed by atoms with van der Waals surface area (Å²) in [5, 5.41) is 3.36. The quantitative estimate of drug-likeness (QED) is 0.249. The highest BCUT2D eigenvalue weighted by atomic mass is 127. The van der Waals surface area contributed by atoms with Gasteiger partial charge in [-0.05, 0) is 26.7 Å². The van der Waals surface area contributed by atoms with Gasteiger partial charge in [0.2, 0.25) is 5.91 Å². The molecule has 0 aromatic heterocycles. The van der Waals surface area contributed by atoms with Crippen LogP contribution < -0.4 is 5.32 Å². The Bertz CT molecular complexity index is 524. The summed E-state index contributed by atoms with van der Waals surface area (Å²) in [6, 6.07) is 0. The summed E-state index contributed by atoms with van der Waals surface area (Å²) in [6.45, 7) is 13.4. The molecule has 0 radical (unpaired) electrons. The number of piperazine rings is 1. The zero-order valence-electron chi connectivity index (χ0n) is 17.5. The van der Waals surface area contributed by atoms with Crippen molar-refractivity contribution < 1.29 is 14.3 Å². The Morgan fingerprint density at radius 3 is 2.43 bits per heavy atom. The van der Waals surface area contributed by atoms with Crippen LogP contribution >= 0.6 is 24.0 Å². The molecule has 1 N–H and O–H groups in total. The van der Waals surface area contributed by atoms with Crippen LogP contribution in [0.3, 0.4) is 0 Å². The number of piperidine rings is 1. The average Bonchev–Trinajstić information content (AvgIpc) is 2.68. The normalized spacial score (nSPS) is 21.1. The van der Waals surface area contributed by atoms with Gasteiger partial charge in [-0.25, -0.2) is 0 Å². The number of guanidine groups is 1. The van der Waals surface area contributed by atoms with Gasteiger partial charge in [0.15, 0.2) is 5.96 Å². The van der Waals surface area contributed by atoms with Crippen LogP contribution in [0.4, 0.5) is 0 Å². The molecule has 2 aliphatic heterocycles. The summed E-state index contributed by atoms with van der Waals surface area (Å²) in [7, 11) is 0. The second-order valence-electron chi connectivity index (χ2n) is 7.12. The zero-order valence-corrected chi connectivity index (χ0v) is 19.8. The van der Waals surface area contributed by atoms with E-state index in [4.69, 9.17) is 9.73 Å². The van der Waals surface area contributed by atoms with Crippen LogP contribution in [0.2, 0.25) is 0 Å². The van der Waals surface area contributed by atoms with E-state index in [9.17, 15) is 9.59 Å². The van der Waals surface area contributed by atoms with Gasteiger partial charge in [0.1, 0.15) is 0 Å². The van der Waals surface area contributed by atoms with Gasteiger partial charge in [0.05, 0.1) is 19.1 Å². The minimum Gasteiger partial charge on any atom is -0.466 e. The lowest BCUT2D eigenvalue weighted by Crippen LogP contribution is -2.49. The first kappa shape index (κ1) is 24.9. The lowest BCUT2D eigenvalue weighted by atomic mass is 9.98. The number of ether oxygens (including phenoxy) is 1. The van der Waals surface area contributed by atoms with Crippen molar-refractivity contribution in [1.82, 2.24) is 20.0 Å². The molecule has 1 amide bonds. The molecular weight excluding hydrogens is 473 g/mol. The Morgan fingerprint density at radius 1 is 1.11 bits per heavy atom. The lowest BCUT2D eigenvalue weighted by Gasteiger charge is -2.35. The fraction of sp³-hybridized carbons (Fsp3) is 0.842. The molecule has 2 aliphatic rings. The summed E-state index contributed by atoms with van der Waals surface area (Å²) in [4.78, 5) is 34.7. The van der Waals surface area contributed by atoms with E-state index in [1.165, 1.54) is 0 Å². The maximum absolute atomic E-state index is 12.1. The maximum Gasteiger partial charge on any atom is 0.310 e. The molecular formula is C19H36IN5O3. The molecule has 0 saturated carbocycles. The zero-order chi connectivity index (χ0) is 19.6. The standard InChI is InChI=1S/C19H35N5O3.HI/c1-4-20-19(24-9-6-7-17(15-24)18(26)27-5-2)21-8-10-22-11-13-23(14-12-22)16(3)25;/h17H,4-15H2,1-3H3,(H,20,21);1H. The number of hydrogen-bond donors (Lipinski definition) is 1. The first-order chi connectivity index (χ1) is 13.0. The Hall–Kier alpha value is -1.10. The van der Waals surface area contributed by atoms with E-state index in [2.05, 4.69) is 22.0 Å². The van der Waals surface area contributed by atoms with Crippen molar-refractivity contribution >= 4 is 41.8 Å². The van der Waals surface area contributed by atoms with Gasteiger partial charge in [-0.2, -0.15) is 0 Å². The number of amides is 1. The van der Waals surface area contributed by atoms with Crippen LogP contribution in [0, 0.1) is 5.92 Å². The highest BCUT2D eigenvalue weighted by Gasteiger charge is 2.28. The fourth-order valence-corrected chi connectivity index (χ4v) is 3.63. The van der Waals surface area contributed by atoms with E-state index in [-0.39, 0.29) is 41.8 Å². The van der Waals surface area contributed by atoms with Gasteiger partial charge in [0, 0.05) is 59.3 Å². The Kier molecular flexibility index (Phi) is 11.7. The number of carbonyl (C=O) groups is 2. The number of esters is 1. The predicted molar refractivity (Wildman–Crippen MR) is 121 cm³/mol. The summed E-state index contributed by atoms with van der Waals surface area (Å²) in [5.41, 5.74) is 0. The number of nitrogens with zero attached hydrogens (tertiary/aromatic N) is 4. The fourth-order valence-electron chi connectivity index (χ4n) is 3.63. The Labute approximate surface area is 186 Å². The van der Waals surface area contributed by atoms with Crippen LogP contribution in [0.1, 0.15) is 33.6 Å². The van der Waals surface area contributed by atoms with Crippen molar-refractivity contribution in [1.29, 1.82) is 0 Å². The van der Waals surface area contributed by atoms with E-state index in [1.807, 2.05) is 11.8 Å². The monoisotopic (exact) mass is 509 g/mol. The van der Waals surface area contributed by atoms with E-state index >= 15 is 0 Å². The summed E-state index contributed by atoms with van der Waals surface area (Å²) < 4.78 is 5.19. The third kappa shape index (κ3) is 7.73. The lowest BCUT2D eigenvalue weighted by molar-refractivity contribution is -0.149. The number of carbonyl (C=O) groups excluding carboxylic acids is 2. The van der Waals surface area contributed by atoms with Gasteiger partial charge in [0.25, 0.3) is 0 Å². The van der Waals surface area contributed by atoms with Crippen LogP contribution in [0.5, 0.6) is 0 Å². The Balaban J connectivity index is 0.00000392. The van der Waals surface area contributed by atoms with Crippen LogP contribution in [-0.4, -0.2) is 98.0 Å². The average molecular weight is 509 g/mol. The van der Waals surface area contributed by atoms with Gasteiger partial charge in [-0.15, -0.1) is 24.0 Å². The molecule has 28 heavy (non-hydrogen) atoms. The molecule has 1 atom stereocenters. The third-order valence-corrected chi connectivity index (χ3v) is 5.17. The van der Waals surface area contributed by atoms with Crippen molar-refractivity contribution in [2.45, 2.75) is 33.6 Å². The predicted octanol–water partition coefficient (Wildman–Crippen LogP) is 1.01. The van der Waals surface area contributed by atoms with Gasteiger partial charge < -0.3 is 19.9 Å². The van der Waals surface area contributed by atoms with Crippen LogP contribution in [-0.2, 0) is 14.3 Å². The third-order valence-electron chi connectivity index (χ3n) is 5.17. The van der Waals surface area contributed by atoms with E-state index in [0.29, 0.717) is 19.7 Å². The molecule has 0 aromatic carbocycles. The molecule has 1 unspecified atom stereocenters. The molecule has 2 saturated heterocycles. The number of halogens is 1. The van der Waals surface area contributed by atoms with Crippen molar-refractivity contribution in [3.63, 3.8) is 0 Å². The molecule has 2 heterocycles.